The summed E-state index contributed by atoms with van der Waals surface area (Å²) in [6.07, 6.45) is 7.43. The SMILES string of the molecule is CCCCC(CC)Cc1ccc(-c2ccc(-c3ccc(C(=O)OC[C@@H](C)CC)s3)s2)s1. The summed E-state index contributed by atoms with van der Waals surface area (Å²) < 4.78 is 5.45. The molecule has 0 N–H and O–H groups in total. The smallest absolute Gasteiger partial charge is 0.348 e. The van der Waals surface area contributed by atoms with Crippen molar-refractivity contribution in [1.29, 1.82) is 0 Å². The number of hydrogen-bond acceptors (Lipinski definition) is 5. The minimum Gasteiger partial charge on any atom is -0.461 e. The summed E-state index contributed by atoms with van der Waals surface area (Å²) >= 11 is 5.26. The van der Waals surface area contributed by atoms with Gasteiger partial charge in [-0.25, -0.2) is 4.79 Å². The van der Waals surface area contributed by atoms with Crippen LogP contribution in [0.4, 0.5) is 0 Å². The number of carbonyl (C=O) groups excluding carboxylic acids is 1. The van der Waals surface area contributed by atoms with Crippen LogP contribution in [-0.2, 0) is 11.2 Å². The molecule has 2 nitrogen and oxygen atoms in total. The van der Waals surface area contributed by atoms with Gasteiger partial charge in [-0.3, -0.25) is 0 Å². The van der Waals surface area contributed by atoms with Gasteiger partial charge in [0.1, 0.15) is 4.88 Å². The molecule has 0 spiro atoms. The molecule has 0 aromatic carbocycles. The molecule has 0 radical (unpaired) electrons. The Bertz CT molecular complexity index is 949. The third-order valence-electron chi connectivity index (χ3n) is 5.79. The molecule has 0 fully saturated rings. The molecule has 3 heterocycles. The fraction of sp³-hybridized carbons (Fsp3) is 0.500. The van der Waals surface area contributed by atoms with Gasteiger partial charge < -0.3 is 4.74 Å². The van der Waals surface area contributed by atoms with E-state index in [2.05, 4.69) is 52.0 Å². The van der Waals surface area contributed by atoms with Crippen LogP contribution in [0.25, 0.3) is 19.5 Å². The molecule has 0 aliphatic rings. The molecular weight excluding hydrogens is 440 g/mol. The largest absolute Gasteiger partial charge is 0.461 e. The van der Waals surface area contributed by atoms with E-state index in [9.17, 15) is 4.79 Å². The van der Waals surface area contributed by atoms with Crippen LogP contribution in [0.1, 0.15) is 74.3 Å². The number of ether oxygens (including phenoxy) is 1. The highest BCUT2D eigenvalue weighted by molar-refractivity contribution is 7.26. The fourth-order valence-corrected chi connectivity index (χ4v) is 6.65. The van der Waals surface area contributed by atoms with Crippen molar-refractivity contribution in [2.45, 2.75) is 66.2 Å². The van der Waals surface area contributed by atoms with E-state index in [1.54, 1.807) is 11.3 Å². The maximum absolute atomic E-state index is 12.3. The zero-order valence-electron chi connectivity index (χ0n) is 19.1. The first-order valence-corrected chi connectivity index (χ1v) is 13.9. The Morgan fingerprint density at radius 3 is 2.19 bits per heavy atom. The number of carbonyl (C=O) groups is 1. The topological polar surface area (TPSA) is 26.3 Å². The minimum atomic E-state index is -0.204. The number of thiophene rings is 3. The van der Waals surface area contributed by atoms with Crippen molar-refractivity contribution in [2.75, 3.05) is 6.61 Å². The number of esters is 1. The molecule has 168 valence electrons. The maximum atomic E-state index is 12.3. The summed E-state index contributed by atoms with van der Waals surface area (Å²) in [5, 5.41) is 0. The van der Waals surface area contributed by atoms with Crippen molar-refractivity contribution in [2.24, 2.45) is 11.8 Å². The summed E-state index contributed by atoms with van der Waals surface area (Å²) in [6.45, 7) is 9.29. The zero-order valence-corrected chi connectivity index (χ0v) is 21.6. The molecular formula is C26H34O2S3. The van der Waals surface area contributed by atoms with E-state index >= 15 is 0 Å². The average Bonchev–Trinajstić information content (AvgIpc) is 3.54. The van der Waals surface area contributed by atoms with Gasteiger partial charge in [-0.1, -0.05) is 59.8 Å². The van der Waals surface area contributed by atoms with Crippen molar-refractivity contribution >= 4 is 40.0 Å². The lowest BCUT2D eigenvalue weighted by Crippen LogP contribution is -2.10. The van der Waals surface area contributed by atoms with Crippen LogP contribution in [0.2, 0.25) is 0 Å². The van der Waals surface area contributed by atoms with Crippen LogP contribution in [0.3, 0.4) is 0 Å². The van der Waals surface area contributed by atoms with Gasteiger partial charge in [0.2, 0.25) is 0 Å². The second-order valence-corrected chi connectivity index (χ2v) is 11.7. The number of rotatable bonds is 12. The van der Waals surface area contributed by atoms with E-state index in [-0.39, 0.29) is 5.97 Å². The summed E-state index contributed by atoms with van der Waals surface area (Å²) in [4.78, 5) is 19.5. The van der Waals surface area contributed by atoms with Gasteiger partial charge in [0.15, 0.2) is 0 Å². The molecule has 0 saturated carbocycles. The number of hydrogen-bond donors (Lipinski definition) is 0. The van der Waals surface area contributed by atoms with E-state index < -0.39 is 0 Å². The second-order valence-electron chi connectivity index (χ2n) is 8.33. The molecule has 3 rings (SSSR count). The molecule has 5 heteroatoms. The van der Waals surface area contributed by atoms with Crippen molar-refractivity contribution in [3.05, 3.63) is 46.2 Å². The number of unbranched alkanes of at least 4 members (excludes halogenated alkanes) is 1. The van der Waals surface area contributed by atoms with Crippen LogP contribution >= 0.6 is 34.0 Å². The first-order chi connectivity index (χ1) is 15.0. The molecule has 31 heavy (non-hydrogen) atoms. The van der Waals surface area contributed by atoms with Crippen LogP contribution in [0, 0.1) is 11.8 Å². The first kappa shape index (κ1) is 24.2. The zero-order chi connectivity index (χ0) is 22.2. The van der Waals surface area contributed by atoms with Gasteiger partial charge in [-0.05, 0) is 54.7 Å². The standard InChI is InChI=1S/C26H34O2S3/c1-5-8-9-19(7-3)16-20-10-11-21(29-20)22-12-13-23(30-22)24-14-15-25(31-24)26(27)28-17-18(4)6-2/h10-15,18-19H,5-9,16-17H2,1-4H3/t18-,19?/m0/s1. The van der Waals surface area contributed by atoms with E-state index in [0.717, 1.165) is 17.2 Å². The molecule has 2 atom stereocenters. The quantitative estimate of drug-likeness (QED) is 0.245. The van der Waals surface area contributed by atoms with Crippen molar-refractivity contribution < 1.29 is 9.53 Å². The normalized spacial score (nSPS) is 13.3. The lowest BCUT2D eigenvalue weighted by atomic mass is 9.95. The second kappa shape index (κ2) is 12.0. The van der Waals surface area contributed by atoms with Gasteiger partial charge in [-0.15, -0.1) is 34.0 Å². The molecule has 3 aromatic heterocycles. The Kier molecular flexibility index (Phi) is 9.36. The minimum absolute atomic E-state index is 0.204. The first-order valence-electron chi connectivity index (χ1n) is 11.5. The van der Waals surface area contributed by atoms with E-state index in [4.69, 9.17) is 4.74 Å². The van der Waals surface area contributed by atoms with Gasteiger partial charge in [0.05, 0.1) is 6.61 Å². The van der Waals surface area contributed by atoms with Crippen LogP contribution in [0.5, 0.6) is 0 Å². The monoisotopic (exact) mass is 474 g/mol. The molecule has 0 bridgehead atoms. The predicted molar refractivity (Wildman–Crippen MR) is 138 cm³/mol. The maximum Gasteiger partial charge on any atom is 0.348 e. The average molecular weight is 475 g/mol. The highest BCUT2D eigenvalue weighted by Crippen LogP contribution is 2.40. The summed E-state index contributed by atoms with van der Waals surface area (Å²) in [5.41, 5.74) is 0. The van der Waals surface area contributed by atoms with E-state index in [1.807, 2.05) is 23.5 Å². The molecule has 0 amide bonds. The predicted octanol–water partition coefficient (Wildman–Crippen LogP) is 9.17. The van der Waals surface area contributed by atoms with Crippen molar-refractivity contribution in [1.82, 2.24) is 0 Å². The Morgan fingerprint density at radius 2 is 1.52 bits per heavy atom. The fourth-order valence-electron chi connectivity index (χ4n) is 3.44. The van der Waals surface area contributed by atoms with Gasteiger partial charge in [-0.2, -0.15) is 0 Å². The molecule has 3 aromatic rings. The lowest BCUT2D eigenvalue weighted by molar-refractivity contribution is 0.0453. The van der Waals surface area contributed by atoms with E-state index in [1.165, 1.54) is 62.9 Å². The molecule has 0 aliphatic carbocycles. The van der Waals surface area contributed by atoms with Gasteiger partial charge >= 0.3 is 5.97 Å². The van der Waals surface area contributed by atoms with Gasteiger partial charge in [0.25, 0.3) is 0 Å². The van der Waals surface area contributed by atoms with E-state index in [0.29, 0.717) is 17.4 Å². The Hall–Kier alpha value is -1.43. The Labute approximate surface area is 199 Å². The van der Waals surface area contributed by atoms with Crippen LogP contribution in [0.15, 0.2) is 36.4 Å². The molecule has 1 unspecified atom stereocenters. The summed E-state index contributed by atoms with van der Waals surface area (Å²) in [6, 6.07) is 12.9. The van der Waals surface area contributed by atoms with Crippen molar-refractivity contribution in [3.63, 3.8) is 0 Å². The molecule has 0 saturated heterocycles. The highest BCUT2D eigenvalue weighted by atomic mass is 32.1. The lowest BCUT2D eigenvalue weighted by Gasteiger charge is -2.12. The Balaban J connectivity index is 1.64. The van der Waals surface area contributed by atoms with Crippen molar-refractivity contribution in [3.8, 4) is 19.5 Å². The highest BCUT2D eigenvalue weighted by Gasteiger charge is 2.15. The third-order valence-corrected chi connectivity index (χ3v) is 9.44. The third kappa shape index (κ3) is 6.77. The van der Waals surface area contributed by atoms with Gasteiger partial charge in [0, 0.05) is 24.4 Å². The molecule has 0 aliphatic heterocycles. The Morgan fingerprint density at radius 1 is 0.871 bits per heavy atom. The van der Waals surface area contributed by atoms with Crippen LogP contribution in [-0.4, -0.2) is 12.6 Å². The summed E-state index contributed by atoms with van der Waals surface area (Å²) in [7, 11) is 0. The summed E-state index contributed by atoms with van der Waals surface area (Å²) in [5.74, 6) is 0.998. The van der Waals surface area contributed by atoms with Crippen LogP contribution < -0.4 is 0 Å².